The lowest BCUT2D eigenvalue weighted by molar-refractivity contribution is 0.511. The van der Waals surface area contributed by atoms with Gasteiger partial charge in [-0.1, -0.05) is 19.9 Å². The van der Waals surface area contributed by atoms with Crippen LogP contribution >= 0.6 is 12.6 Å². The van der Waals surface area contributed by atoms with Gasteiger partial charge in [-0.25, -0.2) is 4.39 Å². The van der Waals surface area contributed by atoms with Crippen molar-refractivity contribution in [2.24, 2.45) is 0 Å². The second-order valence-electron chi connectivity index (χ2n) is 4.09. The Morgan fingerprint density at radius 3 is 2.57 bits per heavy atom. The average molecular weight is 213 g/mol. The van der Waals surface area contributed by atoms with Crippen molar-refractivity contribution in [3.05, 3.63) is 29.6 Å². The maximum atomic E-state index is 12.8. The zero-order valence-corrected chi connectivity index (χ0v) is 9.44. The molecule has 0 heterocycles. The summed E-state index contributed by atoms with van der Waals surface area (Å²) in [5, 5.41) is 0. The zero-order valence-electron chi connectivity index (χ0n) is 8.55. The number of hydrogen-bond donors (Lipinski definition) is 2. The SMILES string of the molecule is CC(C)(CCS)c1ccc(F)cc1N. The highest BCUT2D eigenvalue weighted by molar-refractivity contribution is 7.80. The molecule has 0 unspecified atom stereocenters. The Hall–Kier alpha value is -0.700. The van der Waals surface area contributed by atoms with E-state index < -0.39 is 0 Å². The first-order chi connectivity index (χ1) is 6.47. The fourth-order valence-electron chi connectivity index (χ4n) is 1.56. The summed E-state index contributed by atoms with van der Waals surface area (Å²) in [4.78, 5) is 0. The van der Waals surface area contributed by atoms with Crippen molar-refractivity contribution in [2.75, 3.05) is 11.5 Å². The number of nitrogen functional groups attached to an aromatic ring is 1. The van der Waals surface area contributed by atoms with E-state index in [9.17, 15) is 4.39 Å². The third-order valence-electron chi connectivity index (χ3n) is 2.48. The monoisotopic (exact) mass is 213 g/mol. The molecule has 0 spiro atoms. The van der Waals surface area contributed by atoms with E-state index >= 15 is 0 Å². The first-order valence-corrected chi connectivity index (χ1v) is 5.27. The van der Waals surface area contributed by atoms with Crippen molar-refractivity contribution in [1.29, 1.82) is 0 Å². The first kappa shape index (κ1) is 11.4. The minimum atomic E-state index is -0.284. The van der Waals surface area contributed by atoms with E-state index in [0.717, 1.165) is 17.7 Å². The van der Waals surface area contributed by atoms with Gasteiger partial charge >= 0.3 is 0 Å². The lowest BCUT2D eigenvalue weighted by atomic mass is 9.81. The number of rotatable bonds is 3. The van der Waals surface area contributed by atoms with Crippen LogP contribution in [0.4, 0.5) is 10.1 Å². The number of nitrogens with two attached hydrogens (primary N) is 1. The molecule has 0 amide bonds. The summed E-state index contributed by atoms with van der Waals surface area (Å²) < 4.78 is 12.8. The molecule has 0 aliphatic carbocycles. The fraction of sp³-hybridized carbons (Fsp3) is 0.455. The second-order valence-corrected chi connectivity index (χ2v) is 4.54. The van der Waals surface area contributed by atoms with E-state index in [1.54, 1.807) is 6.07 Å². The molecule has 0 aliphatic rings. The standard InChI is InChI=1S/C11H16FNS/c1-11(2,5-6-14)9-4-3-8(12)7-10(9)13/h3-4,7,14H,5-6,13H2,1-2H3. The molecule has 1 aromatic carbocycles. The Kier molecular flexibility index (Phi) is 3.43. The predicted octanol–water partition coefficient (Wildman–Crippen LogP) is 3.01. The molecule has 0 saturated heterocycles. The highest BCUT2D eigenvalue weighted by atomic mass is 32.1. The van der Waals surface area contributed by atoms with E-state index in [-0.39, 0.29) is 11.2 Å². The molecule has 14 heavy (non-hydrogen) atoms. The van der Waals surface area contributed by atoms with Crippen molar-refractivity contribution in [3.8, 4) is 0 Å². The maximum Gasteiger partial charge on any atom is 0.125 e. The van der Waals surface area contributed by atoms with Crippen LogP contribution in [0.3, 0.4) is 0 Å². The van der Waals surface area contributed by atoms with Crippen LogP contribution in [0.5, 0.6) is 0 Å². The highest BCUT2D eigenvalue weighted by Gasteiger charge is 2.22. The average Bonchev–Trinajstić information content (AvgIpc) is 2.02. The largest absolute Gasteiger partial charge is 0.398 e. The highest BCUT2D eigenvalue weighted by Crippen LogP contribution is 2.31. The molecule has 0 radical (unpaired) electrons. The minimum absolute atomic E-state index is 0.0421. The number of anilines is 1. The molecule has 3 heteroatoms. The molecule has 0 atom stereocenters. The Bertz CT molecular complexity index is 323. The number of benzene rings is 1. The van der Waals surface area contributed by atoms with E-state index in [0.29, 0.717) is 5.69 Å². The van der Waals surface area contributed by atoms with Gasteiger partial charge in [0.25, 0.3) is 0 Å². The molecule has 1 aromatic rings. The summed E-state index contributed by atoms with van der Waals surface area (Å²) in [7, 11) is 0. The van der Waals surface area contributed by atoms with Crippen LogP contribution in [0, 0.1) is 5.82 Å². The van der Waals surface area contributed by atoms with Gasteiger partial charge in [0, 0.05) is 5.69 Å². The van der Waals surface area contributed by atoms with Crippen molar-refractivity contribution >= 4 is 18.3 Å². The molecule has 0 saturated carbocycles. The van der Waals surface area contributed by atoms with Crippen LogP contribution in [0.25, 0.3) is 0 Å². The summed E-state index contributed by atoms with van der Waals surface area (Å²) in [5.74, 6) is 0.511. The van der Waals surface area contributed by atoms with Gasteiger partial charge in [0.1, 0.15) is 5.82 Å². The van der Waals surface area contributed by atoms with Crippen LogP contribution in [0.15, 0.2) is 18.2 Å². The molecular weight excluding hydrogens is 197 g/mol. The van der Waals surface area contributed by atoms with Gasteiger partial charge in [0.2, 0.25) is 0 Å². The number of hydrogen-bond acceptors (Lipinski definition) is 2. The van der Waals surface area contributed by atoms with E-state index in [1.165, 1.54) is 12.1 Å². The van der Waals surface area contributed by atoms with Crippen molar-refractivity contribution in [1.82, 2.24) is 0 Å². The normalized spacial score (nSPS) is 11.7. The third kappa shape index (κ3) is 2.41. The van der Waals surface area contributed by atoms with Crippen molar-refractivity contribution in [2.45, 2.75) is 25.7 Å². The van der Waals surface area contributed by atoms with Crippen LogP contribution in [0.2, 0.25) is 0 Å². The Morgan fingerprint density at radius 2 is 2.07 bits per heavy atom. The molecular formula is C11H16FNS. The molecule has 0 bridgehead atoms. The summed E-state index contributed by atoms with van der Waals surface area (Å²) in [6.45, 7) is 4.18. The van der Waals surface area contributed by atoms with Gasteiger partial charge in [0.05, 0.1) is 0 Å². The Morgan fingerprint density at radius 1 is 1.43 bits per heavy atom. The molecule has 2 N–H and O–H groups in total. The summed E-state index contributed by atoms with van der Waals surface area (Å²) in [6.07, 6.45) is 0.923. The minimum Gasteiger partial charge on any atom is -0.398 e. The van der Waals surface area contributed by atoms with E-state index in [4.69, 9.17) is 5.73 Å². The topological polar surface area (TPSA) is 26.0 Å². The van der Waals surface area contributed by atoms with Gasteiger partial charge in [-0.05, 0) is 35.3 Å². The first-order valence-electron chi connectivity index (χ1n) is 4.64. The molecule has 0 fully saturated rings. The van der Waals surface area contributed by atoms with Crippen LogP contribution in [0.1, 0.15) is 25.8 Å². The van der Waals surface area contributed by atoms with Gasteiger partial charge in [-0.2, -0.15) is 12.6 Å². The summed E-state index contributed by atoms with van der Waals surface area (Å²) >= 11 is 4.20. The van der Waals surface area contributed by atoms with Gasteiger partial charge in [-0.15, -0.1) is 0 Å². The number of thiol groups is 1. The smallest absolute Gasteiger partial charge is 0.125 e. The fourth-order valence-corrected chi connectivity index (χ4v) is 2.12. The molecule has 0 aromatic heterocycles. The lowest BCUT2D eigenvalue weighted by Gasteiger charge is -2.25. The van der Waals surface area contributed by atoms with Crippen LogP contribution in [-0.2, 0) is 5.41 Å². The van der Waals surface area contributed by atoms with Crippen LogP contribution < -0.4 is 5.73 Å². The zero-order chi connectivity index (χ0) is 10.8. The summed E-state index contributed by atoms with van der Waals surface area (Å²) in [6, 6.07) is 4.58. The van der Waals surface area contributed by atoms with Crippen molar-refractivity contribution < 1.29 is 4.39 Å². The molecule has 1 rings (SSSR count). The summed E-state index contributed by atoms with van der Waals surface area (Å²) in [5.41, 5.74) is 7.25. The molecule has 0 aliphatic heterocycles. The molecule has 1 nitrogen and oxygen atoms in total. The van der Waals surface area contributed by atoms with Crippen molar-refractivity contribution in [3.63, 3.8) is 0 Å². The third-order valence-corrected chi connectivity index (χ3v) is 2.70. The quantitative estimate of drug-likeness (QED) is 0.586. The number of halogens is 1. The van der Waals surface area contributed by atoms with E-state index in [2.05, 4.69) is 26.5 Å². The van der Waals surface area contributed by atoms with Gasteiger partial charge in [-0.3, -0.25) is 0 Å². The van der Waals surface area contributed by atoms with E-state index in [1.807, 2.05) is 0 Å². The second kappa shape index (κ2) is 4.22. The van der Waals surface area contributed by atoms with Crippen LogP contribution in [-0.4, -0.2) is 5.75 Å². The Labute approximate surface area is 89.9 Å². The lowest BCUT2D eigenvalue weighted by Crippen LogP contribution is -2.19. The maximum absolute atomic E-state index is 12.8. The predicted molar refractivity (Wildman–Crippen MR) is 62.3 cm³/mol. The Balaban J connectivity index is 3.06. The van der Waals surface area contributed by atoms with Gasteiger partial charge < -0.3 is 5.73 Å². The van der Waals surface area contributed by atoms with Gasteiger partial charge in [0.15, 0.2) is 0 Å². The molecule has 78 valence electrons.